The van der Waals surface area contributed by atoms with Crippen LogP contribution in [0.25, 0.3) is 75.5 Å². The minimum Gasteiger partial charge on any atom is -0.497 e. The van der Waals surface area contributed by atoms with E-state index in [4.69, 9.17) is 28.2 Å². The third-order valence-corrected chi connectivity index (χ3v) is 14.3. The summed E-state index contributed by atoms with van der Waals surface area (Å²) in [5.41, 5.74) is 7.71. The molecule has 2 atom stereocenters. The molecule has 0 spiro atoms. The maximum Gasteiger partial charge on any atom is 0.118 e. The first-order valence-corrected chi connectivity index (χ1v) is 22.4. The Kier molecular flexibility index (Phi) is 11.3. The highest BCUT2D eigenvalue weighted by molar-refractivity contribution is 7.21. The molecule has 0 amide bonds. The van der Waals surface area contributed by atoms with Gasteiger partial charge in [-0.15, -0.1) is 22.7 Å². The third kappa shape index (κ3) is 7.20. The fourth-order valence-corrected chi connectivity index (χ4v) is 11.4. The monoisotopic (exact) mass is 786 g/mol. The van der Waals surface area contributed by atoms with E-state index in [2.05, 4.69) is 64.1 Å². The Labute approximate surface area is 336 Å². The minimum atomic E-state index is 0.655. The lowest BCUT2D eigenvalue weighted by Gasteiger charge is -2.13. The molecule has 0 fully saturated rings. The molecule has 0 radical (unpaired) electrons. The molecule has 0 bridgehead atoms. The van der Waals surface area contributed by atoms with Gasteiger partial charge in [-0.2, -0.15) is 8.75 Å². The van der Waals surface area contributed by atoms with Gasteiger partial charge in [-0.3, -0.25) is 0 Å². The number of hydrogen-bond donors (Lipinski definition) is 0. The molecular weight excluding hydrogens is 737 g/mol. The maximum atomic E-state index is 5.65. The first-order valence-electron chi connectivity index (χ1n) is 20.0. The SMILES string of the molecule is CCCCC(CC)Cc1cc2c(-c3ccc(OC)cc3)nc3c4nc(-c5ccc(OC)cc5)c5cc(CC(CC)CCCC)sc5c4c4nsnc4c3c2s1. The summed E-state index contributed by atoms with van der Waals surface area (Å²) in [5.74, 6) is 2.97. The zero-order valence-electron chi connectivity index (χ0n) is 32.8. The molecule has 3 aromatic carbocycles. The Morgan fingerprint density at radius 3 is 1.35 bits per heavy atom. The van der Waals surface area contributed by atoms with Crippen molar-refractivity contribution in [2.45, 2.75) is 91.9 Å². The standard InChI is InChI=1S/C46H50N4O2S3/c1-7-11-13-27(9-3)23-33-25-35-39(29-15-19-31(51-5)20-16-29)47-41-37(45(35)53-33)43-44(50-55-49-43)38-42(41)48-40(30-17-21-32(52-6)22-18-30)36-26-34(54-46(36)38)24-28(10-4)14-12-8-2/h15-22,25-28H,7-14,23-24H2,1-6H3. The number of ether oxygens (including phenoxy) is 2. The van der Waals surface area contributed by atoms with Gasteiger partial charge in [0.05, 0.1) is 37.3 Å². The number of hydrogen-bond acceptors (Lipinski definition) is 9. The number of fused-ring (bicyclic) bond motifs is 10. The summed E-state index contributed by atoms with van der Waals surface area (Å²) >= 11 is 5.11. The number of rotatable bonds is 16. The zero-order valence-corrected chi connectivity index (χ0v) is 35.3. The van der Waals surface area contributed by atoms with E-state index in [0.29, 0.717) is 11.8 Å². The summed E-state index contributed by atoms with van der Waals surface area (Å²) in [6.07, 6.45) is 12.0. The summed E-state index contributed by atoms with van der Waals surface area (Å²) < 4.78 is 23.7. The first kappa shape index (κ1) is 37.7. The predicted octanol–water partition coefficient (Wildman–Crippen LogP) is 14.1. The van der Waals surface area contributed by atoms with Crippen molar-refractivity contribution in [2.24, 2.45) is 11.8 Å². The van der Waals surface area contributed by atoms with E-state index in [9.17, 15) is 0 Å². The van der Waals surface area contributed by atoms with Crippen molar-refractivity contribution in [1.82, 2.24) is 18.7 Å². The van der Waals surface area contributed by atoms with Gasteiger partial charge in [-0.05, 0) is 85.3 Å². The van der Waals surface area contributed by atoms with E-state index in [1.807, 2.05) is 46.9 Å². The molecule has 9 heteroatoms. The van der Waals surface area contributed by atoms with E-state index in [1.165, 1.54) is 93.0 Å². The highest BCUT2D eigenvalue weighted by Gasteiger charge is 2.26. The van der Waals surface area contributed by atoms with Gasteiger partial charge in [0.2, 0.25) is 0 Å². The van der Waals surface area contributed by atoms with Crippen LogP contribution >= 0.6 is 34.4 Å². The molecule has 0 aliphatic heterocycles. The Hall–Kier alpha value is -4.18. The zero-order chi connectivity index (χ0) is 38.1. The fourth-order valence-electron chi connectivity index (χ4n) is 8.17. The summed E-state index contributed by atoms with van der Waals surface area (Å²) in [7, 11) is 3.43. The average Bonchev–Trinajstić information content (AvgIpc) is 3.99. The number of nitrogens with zero attached hydrogens (tertiary/aromatic N) is 4. The molecule has 55 heavy (non-hydrogen) atoms. The molecule has 0 N–H and O–H groups in total. The van der Waals surface area contributed by atoms with E-state index in [-0.39, 0.29) is 0 Å². The Balaban J connectivity index is 1.45. The molecule has 8 rings (SSSR count). The first-order chi connectivity index (χ1) is 27.0. The molecule has 0 saturated carbocycles. The molecule has 6 nitrogen and oxygen atoms in total. The molecule has 0 saturated heterocycles. The third-order valence-electron chi connectivity index (χ3n) is 11.4. The van der Waals surface area contributed by atoms with Crippen LogP contribution in [0.4, 0.5) is 0 Å². The summed E-state index contributed by atoms with van der Waals surface area (Å²) in [6.45, 7) is 9.24. The second-order valence-corrected chi connectivity index (χ2v) is 17.7. The van der Waals surface area contributed by atoms with E-state index >= 15 is 0 Å². The Morgan fingerprint density at radius 1 is 0.564 bits per heavy atom. The quantitative estimate of drug-likeness (QED) is 0.0909. The van der Waals surface area contributed by atoms with Crippen molar-refractivity contribution < 1.29 is 9.47 Å². The molecule has 0 aliphatic rings. The van der Waals surface area contributed by atoms with E-state index in [0.717, 1.165) is 79.7 Å². The molecule has 2 unspecified atom stereocenters. The van der Waals surface area contributed by atoms with Crippen LogP contribution in [0.3, 0.4) is 0 Å². The predicted molar refractivity (Wildman–Crippen MR) is 237 cm³/mol. The van der Waals surface area contributed by atoms with Gasteiger partial charge in [-0.25, -0.2) is 9.97 Å². The smallest absolute Gasteiger partial charge is 0.118 e. The van der Waals surface area contributed by atoms with Crippen molar-refractivity contribution in [1.29, 1.82) is 0 Å². The van der Waals surface area contributed by atoms with Crippen molar-refractivity contribution in [2.75, 3.05) is 14.2 Å². The molecule has 5 aromatic heterocycles. The molecule has 5 heterocycles. The molecular formula is C46H50N4O2S3. The number of thiophene rings is 2. The van der Waals surface area contributed by atoms with Gasteiger partial charge >= 0.3 is 0 Å². The van der Waals surface area contributed by atoms with Crippen LogP contribution in [0.1, 0.15) is 88.8 Å². The molecule has 284 valence electrons. The van der Waals surface area contributed by atoms with Crippen LogP contribution in [0.15, 0.2) is 60.7 Å². The van der Waals surface area contributed by atoms with Crippen LogP contribution in [-0.4, -0.2) is 32.9 Å². The van der Waals surface area contributed by atoms with Gasteiger partial charge in [0.1, 0.15) is 33.6 Å². The Bertz CT molecular complexity index is 2410. The summed E-state index contributed by atoms with van der Waals surface area (Å²) in [5, 5.41) is 4.47. The second kappa shape index (κ2) is 16.5. The van der Waals surface area contributed by atoms with Crippen LogP contribution < -0.4 is 9.47 Å². The van der Waals surface area contributed by atoms with Gasteiger partial charge < -0.3 is 9.47 Å². The normalized spacial score (nSPS) is 13.1. The summed E-state index contributed by atoms with van der Waals surface area (Å²) in [4.78, 5) is 14.1. The second-order valence-electron chi connectivity index (χ2n) is 14.9. The minimum absolute atomic E-state index is 0.655. The molecule has 0 aliphatic carbocycles. The lowest BCUT2D eigenvalue weighted by atomic mass is 9.94. The summed E-state index contributed by atoms with van der Waals surface area (Å²) in [6, 6.07) is 21.5. The van der Waals surface area contributed by atoms with Crippen molar-refractivity contribution in [3.8, 4) is 34.0 Å². The van der Waals surface area contributed by atoms with Gasteiger partial charge in [0.25, 0.3) is 0 Å². The van der Waals surface area contributed by atoms with Crippen LogP contribution in [0.5, 0.6) is 11.5 Å². The maximum absolute atomic E-state index is 5.65. The molecule has 8 aromatic rings. The van der Waals surface area contributed by atoms with Gasteiger partial charge in [-0.1, -0.05) is 79.1 Å². The lowest BCUT2D eigenvalue weighted by Crippen LogP contribution is -2.01. The number of methoxy groups -OCH3 is 2. The van der Waals surface area contributed by atoms with Crippen molar-refractivity contribution >= 4 is 87.4 Å². The van der Waals surface area contributed by atoms with Crippen molar-refractivity contribution in [3.63, 3.8) is 0 Å². The highest BCUT2D eigenvalue weighted by Crippen LogP contribution is 2.48. The number of aromatic nitrogens is 4. The average molecular weight is 787 g/mol. The topological polar surface area (TPSA) is 70.0 Å². The van der Waals surface area contributed by atoms with Crippen LogP contribution in [-0.2, 0) is 12.8 Å². The van der Waals surface area contributed by atoms with E-state index < -0.39 is 0 Å². The number of unbranched alkanes of at least 4 members (excludes halogenated alkanes) is 2. The number of pyridine rings is 2. The lowest BCUT2D eigenvalue weighted by molar-refractivity contribution is 0.415. The largest absolute Gasteiger partial charge is 0.497 e. The highest BCUT2D eigenvalue weighted by atomic mass is 32.1. The van der Waals surface area contributed by atoms with Gasteiger partial charge in [0.15, 0.2) is 0 Å². The van der Waals surface area contributed by atoms with Crippen LogP contribution in [0, 0.1) is 11.8 Å². The fraction of sp³-hybridized carbons (Fsp3) is 0.391. The van der Waals surface area contributed by atoms with Crippen LogP contribution in [0.2, 0.25) is 0 Å². The van der Waals surface area contributed by atoms with Crippen molar-refractivity contribution in [3.05, 3.63) is 70.4 Å². The number of benzene rings is 3. The van der Waals surface area contributed by atoms with Gasteiger partial charge in [0, 0.05) is 51.8 Å². The Morgan fingerprint density at radius 2 is 0.982 bits per heavy atom. The van der Waals surface area contributed by atoms with E-state index in [1.54, 1.807) is 14.2 Å².